The third-order valence-electron chi connectivity index (χ3n) is 4.29. The van der Waals surface area contributed by atoms with E-state index in [1.807, 2.05) is 24.3 Å². The Kier molecular flexibility index (Phi) is 3.39. The Morgan fingerprint density at radius 3 is 2.67 bits per heavy atom. The third kappa shape index (κ3) is 2.12. The van der Waals surface area contributed by atoms with Crippen LogP contribution in [0.5, 0.6) is 5.75 Å². The topological polar surface area (TPSA) is 53.1 Å². The summed E-state index contributed by atoms with van der Waals surface area (Å²) >= 11 is 1.30. The second-order valence-corrected chi connectivity index (χ2v) is 6.59. The van der Waals surface area contributed by atoms with Gasteiger partial charge in [-0.1, -0.05) is 31.2 Å². The largest absolute Gasteiger partial charge is 0.507 e. The Morgan fingerprint density at radius 1 is 1.21 bits per heavy atom. The maximum atomic E-state index is 14.3. The molecule has 0 aliphatic carbocycles. The first kappa shape index (κ1) is 14.9. The summed E-state index contributed by atoms with van der Waals surface area (Å²) in [5.41, 5.74) is 2.31. The van der Waals surface area contributed by atoms with Gasteiger partial charge in [-0.25, -0.2) is 4.39 Å². The van der Waals surface area contributed by atoms with E-state index in [0.717, 1.165) is 18.1 Å². The first-order valence-corrected chi connectivity index (χ1v) is 8.52. The molecule has 2 heterocycles. The Balaban J connectivity index is 2.18. The molecule has 0 spiro atoms. The lowest BCUT2D eigenvalue weighted by atomic mass is 9.96. The van der Waals surface area contributed by atoms with Crippen LogP contribution in [0.2, 0.25) is 0 Å². The van der Waals surface area contributed by atoms with Gasteiger partial charge in [0.1, 0.15) is 10.4 Å². The number of halogens is 1. The first-order valence-electron chi connectivity index (χ1n) is 7.64. The van der Waals surface area contributed by atoms with Gasteiger partial charge in [-0.3, -0.25) is 4.79 Å². The number of aromatic hydroxyl groups is 1. The van der Waals surface area contributed by atoms with Gasteiger partial charge in [0, 0.05) is 22.4 Å². The molecule has 4 rings (SSSR count). The normalized spacial score (nSPS) is 11.4. The van der Waals surface area contributed by atoms with E-state index in [2.05, 4.69) is 11.9 Å². The number of hydrogen-bond donors (Lipinski definition) is 2. The molecule has 2 aromatic carbocycles. The quantitative estimate of drug-likeness (QED) is 0.550. The fraction of sp³-hybridized carbons (Fsp3) is 0.105. The first-order chi connectivity index (χ1) is 11.6. The Labute approximate surface area is 141 Å². The minimum absolute atomic E-state index is 0.123. The van der Waals surface area contributed by atoms with Crippen molar-refractivity contribution < 1.29 is 9.50 Å². The number of pyridine rings is 1. The number of hydrogen-bond acceptors (Lipinski definition) is 3. The number of aryl methyl sites for hydroxylation is 1. The van der Waals surface area contributed by atoms with E-state index in [-0.39, 0.29) is 16.8 Å². The molecular formula is C19H14FNO2S. The fourth-order valence-electron chi connectivity index (χ4n) is 3.08. The highest BCUT2D eigenvalue weighted by Gasteiger charge is 2.18. The van der Waals surface area contributed by atoms with Crippen molar-refractivity contribution in [2.45, 2.75) is 13.3 Å². The lowest BCUT2D eigenvalue weighted by Crippen LogP contribution is -2.06. The van der Waals surface area contributed by atoms with Crippen LogP contribution in [0.4, 0.5) is 4.39 Å². The predicted octanol–water partition coefficient (Wildman–Crippen LogP) is 4.82. The number of aromatic nitrogens is 1. The summed E-state index contributed by atoms with van der Waals surface area (Å²) in [5.74, 6) is -0.773. The van der Waals surface area contributed by atoms with Gasteiger partial charge in [-0.05, 0) is 29.0 Å². The van der Waals surface area contributed by atoms with Crippen LogP contribution < -0.4 is 5.56 Å². The molecule has 0 atom stereocenters. The van der Waals surface area contributed by atoms with Crippen LogP contribution in [0, 0.1) is 5.82 Å². The maximum Gasteiger partial charge on any atom is 0.266 e. The van der Waals surface area contributed by atoms with E-state index in [9.17, 15) is 14.3 Å². The average molecular weight is 339 g/mol. The zero-order valence-electron chi connectivity index (χ0n) is 12.9. The number of thiophene rings is 1. The second kappa shape index (κ2) is 5.46. The SMILES string of the molecule is CCc1ccc(-c2c(O)cc(F)c3[nH]c(=O)c4sccc4c23)cc1. The zero-order valence-corrected chi connectivity index (χ0v) is 13.7. The van der Waals surface area contributed by atoms with Gasteiger partial charge >= 0.3 is 0 Å². The van der Waals surface area contributed by atoms with Crippen molar-refractivity contribution in [1.82, 2.24) is 4.98 Å². The molecule has 0 saturated carbocycles. The Bertz CT molecular complexity index is 1130. The van der Waals surface area contributed by atoms with Crippen molar-refractivity contribution in [2.75, 3.05) is 0 Å². The van der Waals surface area contributed by atoms with Crippen LogP contribution in [0.25, 0.3) is 32.1 Å². The third-order valence-corrected chi connectivity index (χ3v) is 5.20. The van der Waals surface area contributed by atoms with Crippen LogP contribution in [0.15, 0.2) is 46.6 Å². The average Bonchev–Trinajstić information content (AvgIpc) is 3.07. The second-order valence-electron chi connectivity index (χ2n) is 5.67. The fourth-order valence-corrected chi connectivity index (χ4v) is 3.88. The highest BCUT2D eigenvalue weighted by Crippen LogP contribution is 2.40. The summed E-state index contributed by atoms with van der Waals surface area (Å²) in [4.78, 5) is 14.8. The van der Waals surface area contributed by atoms with E-state index in [0.29, 0.717) is 21.0 Å². The van der Waals surface area contributed by atoms with Crippen molar-refractivity contribution in [3.05, 3.63) is 63.5 Å². The van der Waals surface area contributed by atoms with Gasteiger partial charge < -0.3 is 10.1 Å². The summed E-state index contributed by atoms with van der Waals surface area (Å²) < 4.78 is 14.9. The summed E-state index contributed by atoms with van der Waals surface area (Å²) in [6, 6.07) is 10.6. The number of rotatable bonds is 2. The standard InChI is InChI=1S/C19H14FNO2S/c1-2-10-3-5-11(6-4-10)15-14(22)9-13(20)17-16(15)12-7-8-24-18(12)19(23)21-17/h3-9,22H,2H2,1H3,(H,21,23). The van der Waals surface area contributed by atoms with Crippen molar-refractivity contribution in [3.63, 3.8) is 0 Å². The van der Waals surface area contributed by atoms with E-state index in [1.165, 1.54) is 16.9 Å². The van der Waals surface area contributed by atoms with Gasteiger partial charge in [0.2, 0.25) is 0 Å². The number of H-pyrrole nitrogens is 1. The maximum absolute atomic E-state index is 14.3. The Hall–Kier alpha value is -2.66. The highest BCUT2D eigenvalue weighted by molar-refractivity contribution is 7.17. The zero-order chi connectivity index (χ0) is 16.8. The number of benzene rings is 2. The summed E-state index contributed by atoms with van der Waals surface area (Å²) in [6.07, 6.45) is 0.915. The van der Waals surface area contributed by atoms with Crippen LogP contribution in [-0.2, 0) is 6.42 Å². The number of aromatic amines is 1. The van der Waals surface area contributed by atoms with Crippen molar-refractivity contribution in [3.8, 4) is 16.9 Å². The highest BCUT2D eigenvalue weighted by atomic mass is 32.1. The summed E-state index contributed by atoms with van der Waals surface area (Å²) in [7, 11) is 0. The van der Waals surface area contributed by atoms with Crippen LogP contribution in [0.3, 0.4) is 0 Å². The number of fused-ring (bicyclic) bond motifs is 3. The predicted molar refractivity (Wildman–Crippen MR) is 96.4 cm³/mol. The molecule has 5 heteroatoms. The van der Waals surface area contributed by atoms with Crippen molar-refractivity contribution in [1.29, 1.82) is 0 Å². The molecule has 24 heavy (non-hydrogen) atoms. The van der Waals surface area contributed by atoms with Gasteiger partial charge in [-0.15, -0.1) is 11.3 Å². The summed E-state index contributed by atoms with van der Waals surface area (Å²) in [5, 5.41) is 13.4. The Morgan fingerprint density at radius 2 is 1.96 bits per heavy atom. The molecule has 0 aliphatic rings. The van der Waals surface area contributed by atoms with Crippen molar-refractivity contribution in [2.24, 2.45) is 0 Å². The number of nitrogens with one attached hydrogen (secondary N) is 1. The van der Waals surface area contributed by atoms with Crippen molar-refractivity contribution >= 4 is 32.3 Å². The minimum Gasteiger partial charge on any atom is -0.507 e. The molecule has 3 nitrogen and oxygen atoms in total. The molecular weight excluding hydrogens is 325 g/mol. The molecule has 120 valence electrons. The molecule has 0 amide bonds. The van der Waals surface area contributed by atoms with Gasteiger partial charge in [0.05, 0.1) is 5.52 Å². The molecule has 0 radical (unpaired) electrons. The smallest absolute Gasteiger partial charge is 0.266 e. The van der Waals surface area contributed by atoms with Gasteiger partial charge in [0.15, 0.2) is 5.82 Å². The lowest BCUT2D eigenvalue weighted by molar-refractivity contribution is 0.472. The van der Waals surface area contributed by atoms with E-state index < -0.39 is 5.82 Å². The molecule has 0 fully saturated rings. The molecule has 2 N–H and O–H groups in total. The molecule has 0 unspecified atom stereocenters. The van der Waals surface area contributed by atoms with E-state index in [4.69, 9.17) is 0 Å². The molecule has 0 saturated heterocycles. The minimum atomic E-state index is -0.637. The van der Waals surface area contributed by atoms with E-state index >= 15 is 0 Å². The van der Waals surface area contributed by atoms with Crippen LogP contribution >= 0.6 is 11.3 Å². The number of phenolic OH excluding ortho intramolecular Hbond substituents is 1. The van der Waals surface area contributed by atoms with Crippen LogP contribution in [0.1, 0.15) is 12.5 Å². The van der Waals surface area contributed by atoms with Crippen LogP contribution in [-0.4, -0.2) is 10.1 Å². The molecule has 0 bridgehead atoms. The van der Waals surface area contributed by atoms with Gasteiger partial charge in [0.25, 0.3) is 5.56 Å². The van der Waals surface area contributed by atoms with Gasteiger partial charge in [-0.2, -0.15) is 0 Å². The summed E-state index contributed by atoms with van der Waals surface area (Å²) in [6.45, 7) is 2.07. The molecule has 0 aliphatic heterocycles. The molecule has 2 aromatic heterocycles. The molecule has 4 aromatic rings. The monoisotopic (exact) mass is 339 g/mol. The lowest BCUT2D eigenvalue weighted by Gasteiger charge is -2.12. The number of phenols is 1. The van der Waals surface area contributed by atoms with E-state index in [1.54, 1.807) is 11.4 Å².